The summed E-state index contributed by atoms with van der Waals surface area (Å²) < 4.78 is 5.63. The number of benzene rings is 1. The summed E-state index contributed by atoms with van der Waals surface area (Å²) in [6.07, 6.45) is 6.30. The Labute approximate surface area is 157 Å². The van der Waals surface area contributed by atoms with E-state index >= 15 is 0 Å². The fourth-order valence-electron chi connectivity index (χ4n) is 2.67. The second-order valence-corrected chi connectivity index (χ2v) is 6.17. The van der Waals surface area contributed by atoms with Gasteiger partial charge in [0, 0.05) is 43.5 Å². The van der Waals surface area contributed by atoms with Gasteiger partial charge < -0.3 is 9.32 Å². The number of carbonyl (C=O) groups excluding carboxylic acids is 2. The van der Waals surface area contributed by atoms with Gasteiger partial charge in [-0.25, -0.2) is 4.98 Å². The summed E-state index contributed by atoms with van der Waals surface area (Å²) in [6, 6.07) is 11.1. The molecule has 2 heterocycles. The lowest BCUT2D eigenvalue weighted by molar-refractivity contribution is -0.118. The Hall–Kier alpha value is -3.28. The quantitative estimate of drug-likeness (QED) is 0.595. The molecule has 0 N–H and O–H groups in total. The molecule has 138 valence electrons. The number of oxazole rings is 1. The minimum absolute atomic E-state index is 0.0420. The van der Waals surface area contributed by atoms with Crippen LogP contribution in [0, 0.1) is 0 Å². The SMILES string of the molecule is CCC(=O)N(C)c1ccc(-c2ncc(C(=O)CCc3cccnc3)o2)cc1. The van der Waals surface area contributed by atoms with E-state index in [1.165, 1.54) is 6.20 Å². The number of carbonyl (C=O) groups is 2. The molecule has 6 nitrogen and oxygen atoms in total. The van der Waals surface area contributed by atoms with Gasteiger partial charge in [0.1, 0.15) is 0 Å². The second kappa shape index (κ2) is 8.40. The molecule has 0 spiro atoms. The van der Waals surface area contributed by atoms with Crippen LogP contribution in [-0.2, 0) is 11.2 Å². The normalized spacial score (nSPS) is 10.6. The maximum Gasteiger partial charge on any atom is 0.226 e. The molecule has 2 aromatic heterocycles. The molecule has 0 aliphatic rings. The molecular formula is C21H21N3O3. The van der Waals surface area contributed by atoms with Crippen molar-refractivity contribution in [3.05, 3.63) is 66.3 Å². The third-order valence-corrected chi connectivity index (χ3v) is 4.32. The van der Waals surface area contributed by atoms with Crippen molar-refractivity contribution in [3.63, 3.8) is 0 Å². The van der Waals surface area contributed by atoms with E-state index < -0.39 is 0 Å². The summed E-state index contributed by atoms with van der Waals surface area (Å²) in [5, 5.41) is 0. The highest BCUT2D eigenvalue weighted by atomic mass is 16.4. The smallest absolute Gasteiger partial charge is 0.226 e. The Kier molecular flexibility index (Phi) is 5.76. The highest BCUT2D eigenvalue weighted by molar-refractivity contribution is 5.94. The fourth-order valence-corrected chi connectivity index (χ4v) is 2.67. The van der Waals surface area contributed by atoms with E-state index in [1.807, 2.05) is 43.3 Å². The molecule has 3 rings (SSSR count). The van der Waals surface area contributed by atoms with Gasteiger partial charge in [-0.1, -0.05) is 13.0 Å². The van der Waals surface area contributed by atoms with Crippen molar-refractivity contribution in [2.24, 2.45) is 0 Å². The molecule has 0 saturated carbocycles. The predicted molar refractivity (Wildman–Crippen MR) is 103 cm³/mol. The van der Waals surface area contributed by atoms with Crippen LogP contribution in [0.2, 0.25) is 0 Å². The van der Waals surface area contributed by atoms with Crippen molar-refractivity contribution in [1.29, 1.82) is 0 Å². The highest BCUT2D eigenvalue weighted by Crippen LogP contribution is 2.23. The van der Waals surface area contributed by atoms with Crippen LogP contribution >= 0.6 is 0 Å². The summed E-state index contributed by atoms with van der Waals surface area (Å²) in [4.78, 5) is 33.9. The van der Waals surface area contributed by atoms with Gasteiger partial charge in [0.2, 0.25) is 11.8 Å². The zero-order valence-electron chi connectivity index (χ0n) is 15.4. The number of hydrogen-bond acceptors (Lipinski definition) is 5. The summed E-state index contributed by atoms with van der Waals surface area (Å²) >= 11 is 0. The summed E-state index contributed by atoms with van der Waals surface area (Å²) in [7, 11) is 1.74. The first-order valence-corrected chi connectivity index (χ1v) is 8.83. The molecule has 1 aromatic carbocycles. The van der Waals surface area contributed by atoms with Crippen molar-refractivity contribution in [1.82, 2.24) is 9.97 Å². The van der Waals surface area contributed by atoms with Gasteiger partial charge in [0.05, 0.1) is 6.20 Å². The van der Waals surface area contributed by atoms with Crippen LogP contribution in [0.15, 0.2) is 59.4 Å². The number of ketones is 1. The first-order chi connectivity index (χ1) is 13.1. The van der Waals surface area contributed by atoms with Crippen LogP contribution in [0.5, 0.6) is 0 Å². The van der Waals surface area contributed by atoms with Crippen molar-refractivity contribution in [3.8, 4) is 11.5 Å². The lowest BCUT2D eigenvalue weighted by Crippen LogP contribution is -2.24. The van der Waals surface area contributed by atoms with Crippen LogP contribution in [0.3, 0.4) is 0 Å². The molecule has 0 bridgehead atoms. The number of anilines is 1. The molecule has 0 fully saturated rings. The Balaban J connectivity index is 1.66. The van der Waals surface area contributed by atoms with Crippen LogP contribution < -0.4 is 4.90 Å². The average molecular weight is 363 g/mol. The van der Waals surface area contributed by atoms with Crippen LogP contribution in [0.4, 0.5) is 5.69 Å². The minimum atomic E-state index is -0.0949. The molecule has 0 unspecified atom stereocenters. The van der Waals surface area contributed by atoms with Gasteiger partial charge in [-0.15, -0.1) is 0 Å². The molecule has 0 aliphatic heterocycles. The van der Waals surface area contributed by atoms with Gasteiger partial charge in [-0.3, -0.25) is 14.6 Å². The molecule has 0 atom stereocenters. The van der Waals surface area contributed by atoms with Crippen molar-refractivity contribution < 1.29 is 14.0 Å². The standard InChI is InChI=1S/C21H21N3O3/c1-3-20(26)24(2)17-9-7-16(8-10-17)21-23-14-19(27-21)18(25)11-6-15-5-4-12-22-13-15/h4-5,7-10,12-14H,3,6,11H2,1-2H3. The third-order valence-electron chi connectivity index (χ3n) is 4.32. The lowest BCUT2D eigenvalue weighted by Gasteiger charge is -2.16. The van der Waals surface area contributed by atoms with Gasteiger partial charge in [-0.2, -0.15) is 0 Å². The summed E-state index contributed by atoms with van der Waals surface area (Å²) in [5.41, 5.74) is 2.55. The van der Waals surface area contributed by atoms with Crippen molar-refractivity contribution in [2.45, 2.75) is 26.2 Å². The first-order valence-electron chi connectivity index (χ1n) is 8.83. The summed E-state index contributed by atoms with van der Waals surface area (Å²) in [6.45, 7) is 1.83. The Morgan fingerprint density at radius 2 is 1.89 bits per heavy atom. The van der Waals surface area contributed by atoms with E-state index in [0.29, 0.717) is 25.2 Å². The zero-order chi connectivity index (χ0) is 19.2. The van der Waals surface area contributed by atoms with Crippen LogP contribution in [-0.4, -0.2) is 28.7 Å². The van der Waals surface area contributed by atoms with Gasteiger partial charge >= 0.3 is 0 Å². The van der Waals surface area contributed by atoms with Crippen LogP contribution in [0.1, 0.15) is 35.9 Å². The molecule has 0 aliphatic carbocycles. The number of aryl methyl sites for hydroxylation is 1. The Morgan fingerprint density at radius 3 is 2.56 bits per heavy atom. The molecule has 3 aromatic rings. The number of rotatable bonds is 7. The van der Waals surface area contributed by atoms with E-state index in [0.717, 1.165) is 16.8 Å². The van der Waals surface area contributed by atoms with Crippen molar-refractivity contribution >= 4 is 17.4 Å². The Morgan fingerprint density at radius 1 is 1.11 bits per heavy atom. The monoisotopic (exact) mass is 363 g/mol. The molecule has 1 amide bonds. The van der Waals surface area contributed by atoms with Crippen molar-refractivity contribution in [2.75, 3.05) is 11.9 Å². The number of nitrogens with zero attached hydrogens (tertiary/aromatic N) is 3. The van der Waals surface area contributed by atoms with Gasteiger partial charge in [0.25, 0.3) is 0 Å². The van der Waals surface area contributed by atoms with E-state index in [-0.39, 0.29) is 17.5 Å². The highest BCUT2D eigenvalue weighted by Gasteiger charge is 2.15. The van der Waals surface area contributed by atoms with Gasteiger partial charge in [-0.05, 0) is 42.3 Å². The average Bonchev–Trinajstić information content (AvgIpc) is 3.22. The van der Waals surface area contributed by atoms with E-state index in [2.05, 4.69) is 9.97 Å². The zero-order valence-corrected chi connectivity index (χ0v) is 15.4. The topological polar surface area (TPSA) is 76.3 Å². The number of Topliss-reactive ketones (excluding diaryl/α,β-unsaturated/α-hetero) is 1. The maximum absolute atomic E-state index is 12.3. The molecule has 6 heteroatoms. The minimum Gasteiger partial charge on any atom is -0.433 e. The predicted octanol–water partition coefficient (Wildman–Crippen LogP) is 3.92. The van der Waals surface area contributed by atoms with Gasteiger partial charge in [0.15, 0.2) is 11.5 Å². The number of amides is 1. The third kappa shape index (κ3) is 4.47. The maximum atomic E-state index is 12.3. The molecular weight excluding hydrogens is 342 g/mol. The second-order valence-electron chi connectivity index (χ2n) is 6.17. The van der Waals surface area contributed by atoms with E-state index in [1.54, 1.807) is 24.3 Å². The largest absolute Gasteiger partial charge is 0.433 e. The fraction of sp³-hybridized carbons (Fsp3) is 0.238. The van der Waals surface area contributed by atoms with E-state index in [9.17, 15) is 9.59 Å². The lowest BCUT2D eigenvalue weighted by atomic mass is 10.1. The summed E-state index contributed by atoms with van der Waals surface area (Å²) in [5.74, 6) is 0.579. The molecule has 27 heavy (non-hydrogen) atoms. The number of hydrogen-bond donors (Lipinski definition) is 0. The Bertz CT molecular complexity index is 917. The van der Waals surface area contributed by atoms with Crippen LogP contribution in [0.25, 0.3) is 11.5 Å². The molecule has 0 saturated heterocycles. The number of aromatic nitrogens is 2. The number of pyridine rings is 1. The van der Waals surface area contributed by atoms with E-state index in [4.69, 9.17) is 4.42 Å². The molecule has 0 radical (unpaired) electrons. The first kappa shape index (κ1) is 18.5.